The zero-order valence-corrected chi connectivity index (χ0v) is 77.9. The van der Waals surface area contributed by atoms with Crippen molar-refractivity contribution < 1.29 is 126 Å². The van der Waals surface area contributed by atoms with Gasteiger partial charge in [-0.3, -0.25) is 82.1 Å². The number of phenolic OH excluding ortho intramolecular Hbond substituents is 1. The molecule has 48 heteroatoms. The van der Waals surface area contributed by atoms with Gasteiger partial charge in [-0.25, -0.2) is 4.79 Å². The van der Waals surface area contributed by atoms with Crippen molar-refractivity contribution in [1.29, 1.82) is 5.41 Å². The van der Waals surface area contributed by atoms with E-state index in [0.717, 1.165) is 11.8 Å². The Balaban J connectivity index is 1.23. The molecule has 1 saturated heterocycles. The first-order valence-corrected chi connectivity index (χ1v) is 44.3. The first-order valence-electron chi connectivity index (χ1n) is 43.9. The van der Waals surface area contributed by atoms with E-state index in [2.05, 4.69) is 79.8 Å². The third-order valence-corrected chi connectivity index (χ3v) is 21.8. The predicted molar refractivity (Wildman–Crippen MR) is 489 cm³/mol. The summed E-state index contributed by atoms with van der Waals surface area (Å²) in [6, 6.07) is -12.2. The number of quaternary nitrogens is 1. The smallest absolute Gasteiger partial charge is 0.336 e. The molecular weight excluding hydrogens is 1770 g/mol. The number of hydrogen-bond acceptors (Lipinski definition) is 26. The number of aliphatic hydroxyl groups excluding tert-OH is 4. The van der Waals surface area contributed by atoms with Crippen LogP contribution in [0.15, 0.2) is 66.0 Å². The van der Waals surface area contributed by atoms with E-state index in [0.29, 0.717) is 53.4 Å². The number of aromatic carboxylic acids is 1. The number of aliphatic hydroxyl groups is 4. The molecule has 3 aliphatic rings. The number of likely N-dealkylation sites (tertiary alicyclic amines) is 1. The molecule has 1 fully saturated rings. The number of anilines is 1. The van der Waals surface area contributed by atoms with Gasteiger partial charge in [-0.15, -0.1) is 0 Å². The van der Waals surface area contributed by atoms with Crippen molar-refractivity contribution in [3.8, 4) is 11.5 Å². The number of primary amides is 1. The molecule has 17 atom stereocenters. The molecule has 5 rings (SSSR count). The number of phenols is 1. The summed E-state index contributed by atoms with van der Waals surface area (Å²) in [6.07, 6.45) is 1.18. The molecule has 1 unspecified atom stereocenters. The van der Waals surface area contributed by atoms with Crippen LogP contribution in [0.4, 0.5) is 5.69 Å². The third kappa shape index (κ3) is 35.4. The van der Waals surface area contributed by atoms with Gasteiger partial charge in [0.2, 0.25) is 88.6 Å². The molecule has 0 bridgehead atoms. The molecule has 0 radical (unpaired) electrons. The normalized spacial score (nSPS) is 17.1. The largest absolute Gasteiger partial charge is 0.508 e. The van der Waals surface area contributed by atoms with Crippen molar-refractivity contribution in [2.24, 2.45) is 23.1 Å². The summed E-state index contributed by atoms with van der Waals surface area (Å²) in [5.41, 5.74) is 18.3. The van der Waals surface area contributed by atoms with Gasteiger partial charge in [0.05, 0.1) is 52.1 Å². The van der Waals surface area contributed by atoms with E-state index in [1.54, 1.807) is 26.0 Å². The van der Waals surface area contributed by atoms with E-state index in [-0.39, 0.29) is 123 Å². The number of hydrogen-bond donors (Lipinski definition) is 27. The van der Waals surface area contributed by atoms with Crippen LogP contribution in [0.3, 0.4) is 0 Å². The van der Waals surface area contributed by atoms with Crippen LogP contribution in [0, 0.1) is 11.3 Å². The number of rotatable bonds is 53. The Bertz CT molecular complexity index is 4710. The van der Waals surface area contributed by atoms with Crippen molar-refractivity contribution >= 4 is 135 Å². The summed E-state index contributed by atoms with van der Waals surface area (Å²) >= 11 is 5.60. The quantitative estimate of drug-likeness (QED) is 0.00967. The molecule has 0 aromatic heterocycles. The molecular formula is C86H131N22O25S+. The summed E-state index contributed by atoms with van der Waals surface area (Å²) in [7, 11) is 5.77. The van der Waals surface area contributed by atoms with Gasteiger partial charge in [-0.05, 0) is 186 Å². The summed E-state index contributed by atoms with van der Waals surface area (Å²) in [5, 5.41) is 119. The summed E-state index contributed by atoms with van der Waals surface area (Å²) in [4.78, 5) is 232. The number of thiocarbonyl (C=S) groups is 1. The summed E-state index contributed by atoms with van der Waals surface area (Å²) in [6.45, 7) is 11.0. The van der Waals surface area contributed by atoms with Gasteiger partial charge in [0.15, 0.2) is 11.1 Å². The first kappa shape index (κ1) is 111. The Morgan fingerprint density at radius 2 is 1.03 bits per heavy atom. The number of carboxylic acid groups (broad SMARTS) is 2. The Labute approximate surface area is 779 Å². The lowest BCUT2D eigenvalue weighted by atomic mass is 9.84. The molecule has 47 nitrogen and oxygen atoms in total. The number of carboxylic acids is 2. The number of ether oxygens (including phenoxy) is 1. The average Bonchev–Trinajstić information content (AvgIpc) is 0.776. The second-order valence-electron chi connectivity index (χ2n) is 34.5. The van der Waals surface area contributed by atoms with Gasteiger partial charge in [-0.1, -0.05) is 26.0 Å². The molecule has 2 heterocycles. The number of carbonyl (C=O) groups is 17. The number of allylic oxidation sites excluding steroid dienone is 1. The maximum absolute atomic E-state index is 14.5. The maximum Gasteiger partial charge on any atom is 0.336 e. The SMILES string of the molecule is CC(C)C[C@H](NC(=O)[C@H](CCC(N)=O)NC(=S)Nc1ccc(C2=C3C=CC(O)=CC3Oc3cc(O)ccc32)c(C(=O)O)c1)C(=O)N[C@@H](C)C(=O)N[C@H](C(=O)N[C@@H](CCCCN)C(=O)N[C@@H](C)C(=O)N[C@@H](C)C(=O)N[C@@H](CCCNC(=N)N)C(=O)N[C@@H](CCCC[N+](C)(C)C)C(=O)N[C@@H](CO)C(=O)N[C@@H](C)C(=O)N1CCC[C@H]1C(=O)N[C@@H](C)C(=O)N[C@H](C(=O)NCC(=O)O)[C@@H](C)O)[C@@H](C)O. The van der Waals surface area contributed by atoms with Gasteiger partial charge in [0.25, 0.3) is 0 Å². The lowest BCUT2D eigenvalue weighted by molar-refractivity contribution is -0.870. The molecule has 134 heavy (non-hydrogen) atoms. The van der Waals surface area contributed by atoms with E-state index < -0.39 is 223 Å². The summed E-state index contributed by atoms with van der Waals surface area (Å²) in [5.74, 6) is -17.6. The number of unbranched alkanes of at least 4 members (excludes halogenated alkanes) is 2. The molecule has 30 N–H and O–H groups in total. The number of benzene rings is 2. The zero-order valence-electron chi connectivity index (χ0n) is 77.0. The molecule has 740 valence electrons. The van der Waals surface area contributed by atoms with Gasteiger partial charge in [0, 0.05) is 54.0 Å². The number of carbonyl (C=O) groups excluding carboxylic acids is 15. The molecule has 15 amide bonds. The van der Waals surface area contributed by atoms with Crippen LogP contribution in [0.1, 0.15) is 167 Å². The maximum atomic E-state index is 14.5. The van der Waals surface area contributed by atoms with Crippen molar-refractivity contribution in [1.82, 2.24) is 84.7 Å². The second-order valence-corrected chi connectivity index (χ2v) is 34.9. The molecule has 2 aromatic carbocycles. The van der Waals surface area contributed by atoms with Crippen molar-refractivity contribution in [2.75, 3.05) is 65.8 Å². The van der Waals surface area contributed by atoms with Crippen molar-refractivity contribution in [2.45, 2.75) is 249 Å². The van der Waals surface area contributed by atoms with E-state index >= 15 is 0 Å². The highest BCUT2D eigenvalue weighted by molar-refractivity contribution is 7.80. The van der Waals surface area contributed by atoms with Crippen LogP contribution in [0.2, 0.25) is 0 Å². The van der Waals surface area contributed by atoms with Crippen LogP contribution in [0.25, 0.3) is 5.57 Å². The third-order valence-electron chi connectivity index (χ3n) is 21.6. The van der Waals surface area contributed by atoms with E-state index in [1.807, 2.05) is 26.5 Å². The highest BCUT2D eigenvalue weighted by Gasteiger charge is 2.42. The lowest BCUT2D eigenvalue weighted by Gasteiger charge is -2.31. The van der Waals surface area contributed by atoms with Crippen LogP contribution in [-0.2, 0) is 76.7 Å². The predicted octanol–water partition coefficient (Wildman–Crippen LogP) is -5.24. The number of guanidine groups is 1. The number of aromatic hydroxyl groups is 1. The monoisotopic (exact) mass is 1900 g/mol. The van der Waals surface area contributed by atoms with E-state index in [4.69, 9.17) is 44.7 Å². The minimum atomic E-state index is -1.81. The van der Waals surface area contributed by atoms with Crippen LogP contribution < -0.4 is 107 Å². The summed E-state index contributed by atoms with van der Waals surface area (Å²) < 4.78 is 6.56. The number of amides is 15. The Morgan fingerprint density at radius 1 is 0.545 bits per heavy atom. The zero-order chi connectivity index (χ0) is 100. The minimum absolute atomic E-state index is 0.00627. The highest BCUT2D eigenvalue weighted by atomic mass is 32.1. The van der Waals surface area contributed by atoms with Gasteiger partial charge in [-0.2, -0.15) is 0 Å². The molecule has 0 spiro atoms. The number of aliphatic carboxylic acids is 1. The lowest BCUT2D eigenvalue weighted by Crippen LogP contribution is -2.61. The average molecular weight is 1910 g/mol. The van der Waals surface area contributed by atoms with Crippen molar-refractivity contribution in [3.63, 3.8) is 0 Å². The van der Waals surface area contributed by atoms with Gasteiger partial charge < -0.3 is 152 Å². The molecule has 2 aromatic rings. The van der Waals surface area contributed by atoms with E-state index in [1.165, 1.54) is 84.0 Å². The number of nitrogens with two attached hydrogens (primary N) is 3. The first-order chi connectivity index (χ1) is 62.8. The number of nitrogens with one attached hydrogen (secondary N) is 17. The van der Waals surface area contributed by atoms with Crippen LogP contribution in [0.5, 0.6) is 11.5 Å². The minimum Gasteiger partial charge on any atom is -0.508 e. The van der Waals surface area contributed by atoms with Crippen molar-refractivity contribution in [3.05, 3.63) is 82.6 Å². The number of fused-ring (bicyclic) bond motifs is 2. The van der Waals surface area contributed by atoms with Gasteiger partial charge >= 0.3 is 11.9 Å². The topological polar surface area (TPSA) is 739 Å². The van der Waals surface area contributed by atoms with Crippen LogP contribution >= 0.6 is 12.2 Å². The second kappa shape index (κ2) is 52.9. The Hall–Kier alpha value is -13.2. The van der Waals surface area contributed by atoms with Crippen LogP contribution in [-0.4, -0.2) is 320 Å². The fourth-order valence-corrected chi connectivity index (χ4v) is 14.6. The fraction of sp³-hybridized carbons (Fsp3) is 0.570. The fourth-order valence-electron chi connectivity index (χ4n) is 14.3. The Kier molecular flexibility index (Phi) is 43.9. The van der Waals surface area contributed by atoms with Gasteiger partial charge in [0.1, 0.15) is 114 Å². The molecule has 0 saturated carbocycles. The highest BCUT2D eigenvalue weighted by Crippen LogP contribution is 2.45. The Morgan fingerprint density at radius 3 is 1.57 bits per heavy atom. The standard InChI is InChI=1S/C86H130N22O25S/c1-41(2)35-60(102-77(124)59(29-30-65(88)114)104-86(134)98-49-23-26-52(55(36-49)84(131)132)67-53-27-24-50(112)37-63(53)133-64-38-51(113)25-28-54(64)67)78(125)95-44(5)72(119)106-69(48(9)111)82(129)101-56(19-13-15-31-87)74(121)94-42(3)70(117)93-43(4)71(118)99-58(21-17-32-91-85(89)90)75(122)100-57(20-14-16-34-108(10,11)12)76(123)103-61(40-109)79(126)97-46(7)83(130)107-33-18-22-62(107)80(127)96-45(6)73(120)105-68(47(8)110)81(128)92-39-66(115)116/h23-28,36-38,41-48,56-63,68-69,109-111H,13-22,29-35,39-40,87H2,1-12H3,(H24-,88,89,90,91,92,93,94,95,96,97,98,99,100,101,102,103,104,105,106,112,113,114,115,116,117,118,119,120,121,122,123,124,125,126,127,128,129,131,132,134)/p+1/t42-,43-,44-,45-,46-,47+,48+,56-,57-,58-,59-,60-,61-,62-,63?,68-,69-/m0/s1. The molecule has 1 aliphatic carbocycles. The molecule has 2 aliphatic heterocycles. The number of nitrogens with zero attached hydrogens (tertiary/aromatic N) is 2. The van der Waals surface area contributed by atoms with E-state index in [9.17, 15) is 112 Å².